The molecule has 1 amide bonds. The van der Waals surface area contributed by atoms with Crippen LogP contribution < -0.4 is 4.90 Å². The number of para-hydroxylation sites is 2. The van der Waals surface area contributed by atoms with Gasteiger partial charge in [0.1, 0.15) is 11.4 Å². The van der Waals surface area contributed by atoms with Crippen LogP contribution in [0.5, 0.6) is 0 Å². The van der Waals surface area contributed by atoms with E-state index in [2.05, 4.69) is 9.47 Å². The number of halogens is 1. The molecule has 0 radical (unpaired) electrons. The molecule has 0 spiro atoms. The highest BCUT2D eigenvalue weighted by atomic mass is 19.1. The highest BCUT2D eigenvalue weighted by Crippen LogP contribution is 2.28. The molecule has 32 heavy (non-hydrogen) atoms. The number of fused-ring (bicyclic) bond motifs is 1. The molecular formula is C25H31FN4O2. The van der Waals surface area contributed by atoms with Gasteiger partial charge in [-0.15, -0.1) is 0 Å². The molecule has 7 heteroatoms. The van der Waals surface area contributed by atoms with E-state index >= 15 is 0 Å². The van der Waals surface area contributed by atoms with Crippen LogP contribution in [0.3, 0.4) is 0 Å². The van der Waals surface area contributed by atoms with E-state index < -0.39 is 5.60 Å². The molecule has 0 saturated carbocycles. The lowest BCUT2D eigenvalue weighted by molar-refractivity contribution is 0.0199. The average Bonchev–Trinajstić information content (AvgIpc) is 3.12. The number of benzene rings is 2. The first-order chi connectivity index (χ1) is 15.2. The van der Waals surface area contributed by atoms with Crippen LogP contribution in [0.1, 0.15) is 39.2 Å². The lowest BCUT2D eigenvalue weighted by Gasteiger charge is -2.38. The number of imidazole rings is 1. The van der Waals surface area contributed by atoms with Gasteiger partial charge in [0.05, 0.1) is 17.6 Å². The molecule has 0 aliphatic carbocycles. The summed E-state index contributed by atoms with van der Waals surface area (Å²) in [7, 11) is 2.00. The van der Waals surface area contributed by atoms with Gasteiger partial charge < -0.3 is 19.1 Å². The SMILES string of the molecule is CN(c1nc2ccccc2n1Cc1ccccc1F)[C@@H]1CCCN(C(=O)OC(C)(C)C)C1. The van der Waals surface area contributed by atoms with Crippen molar-refractivity contribution in [2.24, 2.45) is 0 Å². The number of hydrogen-bond donors (Lipinski definition) is 0. The number of carbonyl (C=O) groups is 1. The second kappa shape index (κ2) is 8.81. The molecule has 2 aromatic carbocycles. The normalized spacial score (nSPS) is 16.9. The van der Waals surface area contributed by atoms with E-state index in [1.54, 1.807) is 17.0 Å². The van der Waals surface area contributed by atoms with Crippen LogP contribution in [-0.4, -0.2) is 52.3 Å². The van der Waals surface area contributed by atoms with E-state index in [1.165, 1.54) is 6.07 Å². The fraction of sp³-hybridized carbons (Fsp3) is 0.440. The lowest BCUT2D eigenvalue weighted by Crippen LogP contribution is -2.50. The second-order valence-electron chi connectivity index (χ2n) is 9.41. The van der Waals surface area contributed by atoms with Gasteiger partial charge in [-0.3, -0.25) is 0 Å². The smallest absolute Gasteiger partial charge is 0.410 e. The molecule has 3 aromatic rings. The molecule has 0 unspecified atom stereocenters. The van der Waals surface area contributed by atoms with Gasteiger partial charge in [-0.2, -0.15) is 0 Å². The van der Waals surface area contributed by atoms with Gasteiger partial charge in [0.25, 0.3) is 0 Å². The van der Waals surface area contributed by atoms with Crippen LogP contribution in [0.2, 0.25) is 0 Å². The summed E-state index contributed by atoms with van der Waals surface area (Å²) < 4.78 is 22.1. The fourth-order valence-electron chi connectivity index (χ4n) is 4.21. The Morgan fingerprint density at radius 2 is 1.91 bits per heavy atom. The van der Waals surface area contributed by atoms with E-state index in [4.69, 9.17) is 9.72 Å². The lowest BCUT2D eigenvalue weighted by atomic mass is 10.1. The molecule has 1 aliphatic heterocycles. The van der Waals surface area contributed by atoms with Gasteiger partial charge >= 0.3 is 6.09 Å². The number of amides is 1. The monoisotopic (exact) mass is 438 g/mol. The average molecular weight is 439 g/mol. The molecule has 6 nitrogen and oxygen atoms in total. The number of piperidine rings is 1. The molecule has 1 aromatic heterocycles. The van der Waals surface area contributed by atoms with Gasteiger partial charge in [0.2, 0.25) is 5.95 Å². The zero-order valence-corrected chi connectivity index (χ0v) is 19.2. The zero-order valence-electron chi connectivity index (χ0n) is 19.2. The Kier molecular flexibility index (Phi) is 6.09. The van der Waals surface area contributed by atoms with Crippen LogP contribution in [0, 0.1) is 5.82 Å². The first-order valence-corrected chi connectivity index (χ1v) is 11.1. The Hall–Kier alpha value is -3.09. The second-order valence-corrected chi connectivity index (χ2v) is 9.41. The molecule has 4 rings (SSSR count). The number of anilines is 1. The largest absolute Gasteiger partial charge is 0.444 e. The summed E-state index contributed by atoms with van der Waals surface area (Å²) in [6.07, 6.45) is 1.55. The van der Waals surface area contributed by atoms with Gasteiger partial charge in [0.15, 0.2) is 0 Å². The first-order valence-electron chi connectivity index (χ1n) is 11.1. The van der Waals surface area contributed by atoms with E-state index in [1.807, 2.05) is 58.2 Å². The molecular weight excluding hydrogens is 407 g/mol. The van der Waals surface area contributed by atoms with Crippen LogP contribution in [0.15, 0.2) is 48.5 Å². The third-order valence-electron chi connectivity index (χ3n) is 5.83. The summed E-state index contributed by atoms with van der Waals surface area (Å²) in [5.41, 5.74) is 1.91. The topological polar surface area (TPSA) is 50.6 Å². The van der Waals surface area contributed by atoms with Crippen molar-refractivity contribution < 1.29 is 13.9 Å². The Bertz CT molecular complexity index is 1100. The number of carbonyl (C=O) groups excluding carboxylic acids is 1. The van der Waals surface area contributed by atoms with Crippen LogP contribution >= 0.6 is 0 Å². The third-order valence-corrected chi connectivity index (χ3v) is 5.83. The molecule has 1 saturated heterocycles. The summed E-state index contributed by atoms with van der Waals surface area (Å²) in [5, 5.41) is 0. The molecule has 0 N–H and O–H groups in total. The van der Waals surface area contributed by atoms with E-state index in [0.29, 0.717) is 25.2 Å². The Morgan fingerprint density at radius 1 is 1.19 bits per heavy atom. The summed E-state index contributed by atoms with van der Waals surface area (Å²) in [4.78, 5) is 21.4. The van der Waals surface area contributed by atoms with Crippen molar-refractivity contribution in [1.29, 1.82) is 0 Å². The van der Waals surface area contributed by atoms with Crippen molar-refractivity contribution in [3.8, 4) is 0 Å². The van der Waals surface area contributed by atoms with Crippen molar-refractivity contribution in [1.82, 2.24) is 14.5 Å². The number of hydrogen-bond acceptors (Lipinski definition) is 4. The highest BCUT2D eigenvalue weighted by Gasteiger charge is 2.31. The van der Waals surface area contributed by atoms with Crippen molar-refractivity contribution >= 4 is 23.1 Å². The highest BCUT2D eigenvalue weighted by molar-refractivity contribution is 5.79. The van der Waals surface area contributed by atoms with Gasteiger partial charge in [-0.05, 0) is 51.8 Å². The predicted molar refractivity (Wildman–Crippen MR) is 124 cm³/mol. The first kappa shape index (κ1) is 22.1. The van der Waals surface area contributed by atoms with Gasteiger partial charge in [-0.1, -0.05) is 30.3 Å². The number of ether oxygens (including phenoxy) is 1. The molecule has 2 heterocycles. The molecule has 1 aliphatic rings. The molecule has 170 valence electrons. The zero-order chi connectivity index (χ0) is 22.9. The Morgan fingerprint density at radius 3 is 2.66 bits per heavy atom. The quantitative estimate of drug-likeness (QED) is 0.571. The van der Waals surface area contributed by atoms with Crippen LogP contribution in [-0.2, 0) is 11.3 Å². The Labute approximate surface area is 188 Å². The predicted octanol–water partition coefficient (Wildman–Crippen LogP) is 5.06. The maximum absolute atomic E-state index is 14.4. The minimum absolute atomic E-state index is 0.0902. The molecule has 1 atom stereocenters. The number of likely N-dealkylation sites (N-methyl/N-ethyl adjacent to an activating group) is 1. The number of likely N-dealkylation sites (tertiary alicyclic amines) is 1. The third kappa shape index (κ3) is 4.71. The number of rotatable bonds is 4. The maximum Gasteiger partial charge on any atom is 0.410 e. The van der Waals surface area contributed by atoms with E-state index in [0.717, 1.165) is 29.8 Å². The van der Waals surface area contributed by atoms with Crippen molar-refractivity contribution in [2.75, 3.05) is 25.0 Å². The van der Waals surface area contributed by atoms with E-state index in [9.17, 15) is 9.18 Å². The van der Waals surface area contributed by atoms with E-state index in [-0.39, 0.29) is 18.0 Å². The molecule has 0 bridgehead atoms. The standard InChI is InChI=1S/C25H31FN4O2/c1-25(2,3)32-24(31)29-15-9-11-19(17-29)28(4)23-27-21-13-7-8-14-22(21)30(23)16-18-10-5-6-12-20(18)26/h5-8,10,12-14,19H,9,11,15-17H2,1-4H3/t19-/m1/s1. The van der Waals surface area contributed by atoms with Crippen molar-refractivity contribution in [3.63, 3.8) is 0 Å². The summed E-state index contributed by atoms with van der Waals surface area (Å²) in [6.45, 7) is 7.27. The maximum atomic E-state index is 14.4. The van der Waals surface area contributed by atoms with Gasteiger partial charge in [0, 0.05) is 31.7 Å². The summed E-state index contributed by atoms with van der Waals surface area (Å²) >= 11 is 0. The number of aromatic nitrogens is 2. The van der Waals surface area contributed by atoms with Crippen molar-refractivity contribution in [3.05, 3.63) is 59.9 Å². The fourth-order valence-corrected chi connectivity index (χ4v) is 4.21. The van der Waals surface area contributed by atoms with Crippen molar-refractivity contribution in [2.45, 2.75) is 51.8 Å². The summed E-state index contributed by atoms with van der Waals surface area (Å²) in [6, 6.07) is 14.8. The minimum Gasteiger partial charge on any atom is -0.444 e. The molecule has 1 fully saturated rings. The van der Waals surface area contributed by atoms with Crippen LogP contribution in [0.25, 0.3) is 11.0 Å². The van der Waals surface area contributed by atoms with Gasteiger partial charge in [-0.25, -0.2) is 14.2 Å². The minimum atomic E-state index is -0.524. The number of nitrogens with zero attached hydrogens (tertiary/aromatic N) is 4. The van der Waals surface area contributed by atoms with Crippen LogP contribution in [0.4, 0.5) is 15.1 Å². The summed E-state index contributed by atoms with van der Waals surface area (Å²) in [5.74, 6) is 0.540. The Balaban J connectivity index is 1.62.